The van der Waals surface area contributed by atoms with Crippen LogP contribution in [0.4, 0.5) is 10.1 Å². The molecule has 2 aromatic carbocycles. The van der Waals surface area contributed by atoms with Gasteiger partial charge in [0.25, 0.3) is 5.56 Å². The molecule has 158 valence electrons. The SMILES string of the molecule is C=CSNc1ccc(Oc2c(C)cc(F)cc2C)c(-c2cn(C)c(=O)c3sccc23)c1. The molecule has 0 fully saturated rings. The van der Waals surface area contributed by atoms with Crippen molar-refractivity contribution in [1.82, 2.24) is 4.57 Å². The maximum Gasteiger partial charge on any atom is 0.268 e. The van der Waals surface area contributed by atoms with Gasteiger partial charge in [0.2, 0.25) is 0 Å². The quantitative estimate of drug-likeness (QED) is 0.319. The summed E-state index contributed by atoms with van der Waals surface area (Å²) in [7, 11) is 1.75. The van der Waals surface area contributed by atoms with Gasteiger partial charge >= 0.3 is 0 Å². The summed E-state index contributed by atoms with van der Waals surface area (Å²) in [6, 6.07) is 10.7. The van der Waals surface area contributed by atoms with Gasteiger partial charge in [0.15, 0.2) is 0 Å². The Morgan fingerprint density at radius 2 is 1.90 bits per heavy atom. The molecular weight excluding hydrogens is 431 g/mol. The zero-order chi connectivity index (χ0) is 22.1. The Balaban J connectivity index is 1.92. The summed E-state index contributed by atoms with van der Waals surface area (Å²) in [5.74, 6) is 0.954. The predicted molar refractivity (Wildman–Crippen MR) is 130 cm³/mol. The third-order valence-corrected chi connectivity index (χ3v) is 6.38. The smallest absolute Gasteiger partial charge is 0.268 e. The Bertz CT molecular complexity index is 1330. The molecule has 4 aromatic rings. The maximum absolute atomic E-state index is 13.8. The number of hydrogen-bond acceptors (Lipinski definition) is 5. The van der Waals surface area contributed by atoms with Crippen molar-refractivity contribution in [3.63, 3.8) is 0 Å². The number of nitrogens with one attached hydrogen (secondary N) is 1. The highest BCUT2D eigenvalue weighted by atomic mass is 32.2. The van der Waals surface area contributed by atoms with Gasteiger partial charge in [0, 0.05) is 35.4 Å². The van der Waals surface area contributed by atoms with Crippen LogP contribution in [0.5, 0.6) is 11.5 Å². The first kappa shape index (κ1) is 21.2. The van der Waals surface area contributed by atoms with E-state index >= 15 is 0 Å². The third-order valence-electron chi connectivity index (χ3n) is 4.96. The predicted octanol–water partition coefficient (Wildman–Crippen LogP) is 7.02. The van der Waals surface area contributed by atoms with E-state index in [9.17, 15) is 9.18 Å². The van der Waals surface area contributed by atoms with E-state index in [-0.39, 0.29) is 11.4 Å². The Morgan fingerprint density at radius 1 is 1.16 bits per heavy atom. The van der Waals surface area contributed by atoms with Gasteiger partial charge in [-0.05, 0) is 84.1 Å². The molecule has 2 heterocycles. The number of pyridine rings is 1. The fraction of sp³-hybridized carbons (Fsp3) is 0.125. The van der Waals surface area contributed by atoms with Gasteiger partial charge in [0.05, 0.1) is 0 Å². The molecule has 0 amide bonds. The van der Waals surface area contributed by atoms with E-state index in [0.717, 1.165) is 22.2 Å². The van der Waals surface area contributed by atoms with E-state index in [0.29, 0.717) is 27.3 Å². The molecule has 0 unspecified atom stereocenters. The second-order valence-electron chi connectivity index (χ2n) is 7.19. The van der Waals surface area contributed by atoms with Crippen LogP contribution in [0.2, 0.25) is 0 Å². The number of nitrogens with zero attached hydrogens (tertiary/aromatic N) is 1. The summed E-state index contributed by atoms with van der Waals surface area (Å²) in [6.45, 7) is 7.37. The molecule has 0 saturated heterocycles. The lowest BCUT2D eigenvalue weighted by Crippen LogP contribution is -2.15. The Kier molecular flexibility index (Phi) is 5.89. The number of thiophene rings is 1. The van der Waals surface area contributed by atoms with Gasteiger partial charge in [-0.25, -0.2) is 4.39 Å². The lowest BCUT2D eigenvalue weighted by atomic mass is 10.0. The van der Waals surface area contributed by atoms with E-state index in [4.69, 9.17) is 4.74 Å². The summed E-state index contributed by atoms with van der Waals surface area (Å²) in [4.78, 5) is 12.6. The van der Waals surface area contributed by atoms with Crippen molar-refractivity contribution in [1.29, 1.82) is 0 Å². The summed E-state index contributed by atoms with van der Waals surface area (Å²) in [5.41, 5.74) is 3.99. The zero-order valence-electron chi connectivity index (χ0n) is 17.4. The number of hydrogen-bond donors (Lipinski definition) is 1. The lowest BCUT2D eigenvalue weighted by Gasteiger charge is -2.17. The van der Waals surface area contributed by atoms with Crippen LogP contribution in [0.15, 0.2) is 64.8 Å². The van der Waals surface area contributed by atoms with Gasteiger partial charge in [-0.3, -0.25) is 4.79 Å². The minimum atomic E-state index is -0.290. The summed E-state index contributed by atoms with van der Waals surface area (Å²) >= 11 is 2.79. The van der Waals surface area contributed by atoms with Crippen LogP contribution < -0.4 is 15.0 Å². The number of rotatable bonds is 6. The molecule has 0 aliphatic carbocycles. The highest BCUT2D eigenvalue weighted by molar-refractivity contribution is 8.03. The number of benzene rings is 2. The van der Waals surface area contributed by atoms with Crippen LogP contribution in [0, 0.1) is 19.7 Å². The minimum absolute atomic E-state index is 0.0297. The standard InChI is InChI=1S/C24H21FN2O2S2/c1-5-31-26-17-6-7-21(29-22-14(2)10-16(25)11-15(22)3)19(12-17)20-13-27(4)24(28)23-18(20)8-9-30-23/h5-13,26H,1H2,2-4H3. The second-order valence-corrected chi connectivity index (χ2v) is 8.88. The van der Waals surface area contributed by atoms with Crippen molar-refractivity contribution in [2.45, 2.75) is 13.8 Å². The van der Waals surface area contributed by atoms with E-state index in [2.05, 4.69) is 11.3 Å². The zero-order valence-corrected chi connectivity index (χ0v) is 19.0. The number of aromatic nitrogens is 1. The van der Waals surface area contributed by atoms with Crippen LogP contribution in [0.1, 0.15) is 11.1 Å². The number of anilines is 1. The van der Waals surface area contributed by atoms with Crippen molar-refractivity contribution in [2.24, 2.45) is 7.05 Å². The van der Waals surface area contributed by atoms with Crippen LogP contribution >= 0.6 is 23.3 Å². The van der Waals surface area contributed by atoms with Crippen molar-refractivity contribution in [2.75, 3.05) is 4.72 Å². The van der Waals surface area contributed by atoms with Gasteiger partial charge in [-0.15, -0.1) is 11.3 Å². The van der Waals surface area contributed by atoms with E-state index in [1.54, 1.807) is 17.0 Å². The molecule has 0 radical (unpaired) electrons. The van der Waals surface area contributed by atoms with Crippen LogP contribution in [-0.2, 0) is 7.05 Å². The number of aryl methyl sites for hydroxylation is 3. The molecule has 1 N–H and O–H groups in total. The second kappa shape index (κ2) is 8.61. The Morgan fingerprint density at radius 3 is 2.61 bits per heavy atom. The Hall–Kier alpha value is -3.03. The van der Waals surface area contributed by atoms with Crippen molar-refractivity contribution in [3.8, 4) is 22.6 Å². The molecule has 0 spiro atoms. The summed E-state index contributed by atoms with van der Waals surface area (Å²) in [5, 5.41) is 4.50. The topological polar surface area (TPSA) is 43.3 Å². The third kappa shape index (κ3) is 4.11. The molecule has 0 saturated carbocycles. The minimum Gasteiger partial charge on any atom is -0.456 e. The lowest BCUT2D eigenvalue weighted by molar-refractivity contribution is 0.474. The van der Waals surface area contributed by atoms with E-state index in [1.165, 1.54) is 35.4 Å². The van der Waals surface area contributed by atoms with Gasteiger partial charge in [-0.2, -0.15) is 0 Å². The maximum atomic E-state index is 13.8. The molecule has 4 rings (SSSR count). The molecule has 2 aromatic heterocycles. The molecule has 31 heavy (non-hydrogen) atoms. The first-order valence-corrected chi connectivity index (χ1v) is 11.3. The number of ether oxygens (including phenoxy) is 1. The summed E-state index contributed by atoms with van der Waals surface area (Å²) in [6.07, 6.45) is 1.83. The average molecular weight is 453 g/mol. The van der Waals surface area contributed by atoms with Crippen molar-refractivity contribution < 1.29 is 9.13 Å². The number of fused-ring (bicyclic) bond motifs is 1. The molecule has 0 atom stereocenters. The van der Waals surface area contributed by atoms with Crippen molar-refractivity contribution >= 4 is 39.1 Å². The van der Waals surface area contributed by atoms with E-state index < -0.39 is 0 Å². The molecule has 4 nitrogen and oxygen atoms in total. The van der Waals surface area contributed by atoms with Gasteiger partial charge in [0.1, 0.15) is 22.0 Å². The van der Waals surface area contributed by atoms with Crippen LogP contribution in [0.3, 0.4) is 0 Å². The van der Waals surface area contributed by atoms with E-state index in [1.807, 2.05) is 49.7 Å². The highest BCUT2D eigenvalue weighted by Gasteiger charge is 2.17. The fourth-order valence-electron chi connectivity index (χ4n) is 3.55. The molecule has 0 aliphatic rings. The molecule has 0 bridgehead atoms. The monoisotopic (exact) mass is 452 g/mol. The summed E-state index contributed by atoms with van der Waals surface area (Å²) < 4.78 is 25.6. The normalized spacial score (nSPS) is 11.0. The molecule has 7 heteroatoms. The molecular formula is C24H21FN2O2S2. The average Bonchev–Trinajstić information content (AvgIpc) is 3.22. The van der Waals surface area contributed by atoms with Crippen LogP contribution in [-0.4, -0.2) is 4.57 Å². The Labute approximate surface area is 188 Å². The first-order chi connectivity index (χ1) is 14.9. The van der Waals surface area contributed by atoms with Gasteiger partial charge < -0.3 is 14.0 Å². The molecule has 0 aliphatic heterocycles. The largest absolute Gasteiger partial charge is 0.456 e. The number of halogens is 1. The van der Waals surface area contributed by atoms with Crippen molar-refractivity contribution in [3.05, 3.63) is 87.3 Å². The van der Waals surface area contributed by atoms with Crippen LogP contribution in [0.25, 0.3) is 21.2 Å². The first-order valence-electron chi connectivity index (χ1n) is 9.57. The van der Waals surface area contributed by atoms with Gasteiger partial charge in [-0.1, -0.05) is 6.58 Å². The fourth-order valence-corrected chi connectivity index (χ4v) is 4.79. The highest BCUT2D eigenvalue weighted by Crippen LogP contribution is 2.41.